The van der Waals surface area contributed by atoms with Gasteiger partial charge in [0.15, 0.2) is 0 Å². The molecule has 6 aromatic rings. The van der Waals surface area contributed by atoms with E-state index in [4.69, 9.17) is 48.4 Å². The molecule has 12 atom stereocenters. The lowest BCUT2D eigenvalue weighted by Gasteiger charge is -2.19. The SMILES string of the molecule is CC(C)(C)OC(=O)NCC1CC1c1cc(O)ccc1O.CC(C)(C)OC(=O)NCC1CC1c1cc(O)ccc1OCC1CC1.COc1ccc(C)cc1C1CC1CNC(=O)OC(C)(C)C.Cc1ccc(O)c(C2CC2CNC(=O)OC(C)(C)C)c1.Cc1ccc(OCC2CC2)c(C2CC2CNC(=O)OC(C)(C)C)c1.Cl.NCC1CC1c1cc(O)ccc1OCC1CC1. The summed E-state index contributed by atoms with van der Waals surface area (Å²) >= 11 is 0. The molecule has 0 radical (unpaired) electrons. The molecule has 9 fully saturated rings. The summed E-state index contributed by atoms with van der Waals surface area (Å²) in [4.78, 5) is 58.3. The first kappa shape index (κ1) is 101. The van der Waals surface area contributed by atoms with E-state index in [1.807, 2.05) is 147 Å². The number of nitrogens with two attached hydrogens (primary N) is 1. The van der Waals surface area contributed by atoms with E-state index >= 15 is 0 Å². The highest BCUT2D eigenvalue weighted by molar-refractivity contribution is 5.85. The van der Waals surface area contributed by atoms with Crippen LogP contribution in [0.4, 0.5) is 24.0 Å². The van der Waals surface area contributed by atoms with Crippen molar-refractivity contribution in [1.82, 2.24) is 26.6 Å². The number of carbonyl (C=O) groups is 5. The summed E-state index contributed by atoms with van der Waals surface area (Å²) in [5.41, 5.74) is 13.4. The van der Waals surface area contributed by atoms with Crippen LogP contribution in [-0.2, 0) is 23.7 Å². The Balaban J connectivity index is 0.000000172. The first-order valence-corrected chi connectivity index (χ1v) is 45.4. The number of halogens is 1. The van der Waals surface area contributed by atoms with Gasteiger partial charge in [-0.15, -0.1) is 12.4 Å². The van der Waals surface area contributed by atoms with Gasteiger partial charge in [-0.3, -0.25) is 0 Å². The number of ether oxygens (including phenoxy) is 9. The van der Waals surface area contributed by atoms with Crippen molar-refractivity contribution in [2.75, 3.05) is 66.2 Å². The number of aryl methyl sites for hydroxylation is 3. The molecule has 15 rings (SSSR count). The van der Waals surface area contributed by atoms with E-state index in [-0.39, 0.29) is 65.9 Å². The Kier molecular flexibility index (Phi) is 34.9. The normalized spacial score (nSPS) is 22.4. The van der Waals surface area contributed by atoms with Gasteiger partial charge in [-0.1, -0.05) is 53.1 Å². The molecule has 700 valence electrons. The summed E-state index contributed by atoms with van der Waals surface area (Å²) in [5, 5.41) is 62.6. The standard InChI is InChI=1S/C20H29NO3.C19H27NO4.C17H25NO3.C16H23NO3.C15H21NO4.C14H19NO2.ClH/c1-13-5-8-18(23-12-14-6-7-14)17(9-13)16-10-15(16)11-21-19(22)24-20(2,3)4;1-19(2,3)24-18(22)20-10-13-8-15(13)16-9-14(21)6-7-17(16)23-11-12-4-5-12;1-11-6-7-15(20-5)14(8-11)13-9-12(13)10-18-16(19)21-17(2,3)4;1-10-5-6-14(18)13(7-10)12-8-11(12)9-17-15(19)20-16(2,3)4;1-15(2,3)20-14(19)16-8-9-6-11(9)12-7-10(17)4-5-13(12)18;15-7-10-5-12(10)13-6-11(16)3-4-14(13)17-8-9-1-2-9;/h5,8-9,14-16H,6-7,10-12H2,1-4H3,(H,21,22);6-7,9,12-13,15,21H,4-5,8,10-11H2,1-3H3,(H,20,22);6-8,12-13H,9-10H2,1-5H3,(H,18,19);5-7,11-12,18H,8-9H2,1-4H3,(H,17,19);4-5,7,9,11,17-18H,6,8H2,1-3H3,(H,16,19);3-4,6,9-10,12,16H,1-2,5,7-8,15H2;1H. The van der Waals surface area contributed by atoms with Gasteiger partial charge in [-0.2, -0.15) is 0 Å². The van der Waals surface area contributed by atoms with Gasteiger partial charge in [0.05, 0.1) is 26.9 Å². The summed E-state index contributed by atoms with van der Waals surface area (Å²) in [5.74, 6) is 12.0. The van der Waals surface area contributed by atoms with Gasteiger partial charge in [0.1, 0.15) is 79.8 Å². The maximum Gasteiger partial charge on any atom is 0.407 e. The third kappa shape index (κ3) is 35.6. The second kappa shape index (κ2) is 44.0. The highest BCUT2D eigenvalue weighted by atomic mass is 35.5. The Morgan fingerprint density at radius 3 is 0.827 bits per heavy atom. The maximum atomic E-state index is 11.8. The van der Waals surface area contributed by atoms with E-state index in [0.29, 0.717) is 109 Å². The quantitative estimate of drug-likeness (QED) is 0.0169. The van der Waals surface area contributed by atoms with E-state index in [1.54, 1.807) is 37.4 Å². The number of methoxy groups -OCH3 is 1. The van der Waals surface area contributed by atoms with Gasteiger partial charge in [0, 0.05) is 49.4 Å². The zero-order valence-corrected chi connectivity index (χ0v) is 79.2. The van der Waals surface area contributed by atoms with Crippen LogP contribution in [0.15, 0.2) is 109 Å². The van der Waals surface area contributed by atoms with Gasteiger partial charge in [0.2, 0.25) is 0 Å². The first-order chi connectivity index (χ1) is 59.2. The number of alkyl carbamates (subject to hydrolysis) is 5. The first-order valence-electron chi connectivity index (χ1n) is 45.4. The largest absolute Gasteiger partial charge is 0.508 e. The highest BCUT2D eigenvalue weighted by Gasteiger charge is 2.46. The Morgan fingerprint density at radius 1 is 0.323 bits per heavy atom. The topological polar surface area (TPSA) is 356 Å². The molecule has 5 amide bonds. The Bertz CT molecular complexity index is 4450. The number of hydrogen-bond donors (Lipinski definition) is 11. The van der Waals surface area contributed by atoms with Crippen molar-refractivity contribution in [2.45, 2.75) is 265 Å². The number of nitrogens with one attached hydrogen (secondary N) is 5. The lowest BCUT2D eigenvalue weighted by atomic mass is 10.0. The van der Waals surface area contributed by atoms with E-state index in [0.717, 1.165) is 128 Å². The number of amides is 5. The third-order valence-corrected chi connectivity index (χ3v) is 23.0. The van der Waals surface area contributed by atoms with Gasteiger partial charge in [-0.05, 0) is 386 Å². The molecule has 0 spiro atoms. The summed E-state index contributed by atoms with van der Waals surface area (Å²) in [6.07, 6.45) is 12.0. The molecule has 127 heavy (non-hydrogen) atoms. The number of carbonyl (C=O) groups excluding carboxylic acids is 5. The van der Waals surface area contributed by atoms with E-state index in [2.05, 4.69) is 70.8 Å². The average Bonchev–Trinajstić information content (AvgIpc) is 1.67. The van der Waals surface area contributed by atoms with Crippen molar-refractivity contribution in [2.24, 2.45) is 59.0 Å². The Morgan fingerprint density at radius 2 is 0.543 bits per heavy atom. The molecule has 0 saturated heterocycles. The van der Waals surface area contributed by atoms with Crippen LogP contribution in [0.1, 0.15) is 266 Å². The monoisotopic (exact) mass is 1780 g/mol. The highest BCUT2D eigenvalue weighted by Crippen LogP contribution is 2.56. The van der Waals surface area contributed by atoms with Crippen LogP contribution >= 0.6 is 12.4 Å². The second-order valence-corrected chi connectivity index (χ2v) is 41.1. The molecular formula is C101H145ClN6O19. The van der Waals surface area contributed by atoms with Gasteiger partial charge >= 0.3 is 30.5 Å². The molecule has 0 heterocycles. The molecule has 0 bridgehead atoms. The van der Waals surface area contributed by atoms with Crippen molar-refractivity contribution < 1.29 is 92.1 Å². The van der Waals surface area contributed by atoms with Gasteiger partial charge in [0.25, 0.3) is 0 Å². The van der Waals surface area contributed by atoms with Crippen molar-refractivity contribution in [3.8, 4) is 51.7 Å². The Labute approximate surface area is 758 Å². The lowest BCUT2D eigenvalue weighted by molar-refractivity contribution is 0.0513. The van der Waals surface area contributed by atoms with Crippen LogP contribution in [0.3, 0.4) is 0 Å². The average molecular weight is 1780 g/mol. The van der Waals surface area contributed by atoms with E-state index < -0.39 is 34.1 Å². The van der Waals surface area contributed by atoms with Gasteiger partial charge < -0.3 is 100 Å². The van der Waals surface area contributed by atoms with Crippen molar-refractivity contribution in [3.63, 3.8) is 0 Å². The molecule has 12 unspecified atom stereocenters. The number of phenols is 5. The van der Waals surface area contributed by atoms with E-state index in [1.165, 1.54) is 72.9 Å². The molecule has 25 nitrogen and oxygen atoms in total. The fraction of sp³-hybridized carbons (Fsp3) is 0.594. The van der Waals surface area contributed by atoms with Crippen LogP contribution < -0.4 is 51.3 Å². The summed E-state index contributed by atoms with van der Waals surface area (Å²) in [7, 11) is 1.70. The minimum Gasteiger partial charge on any atom is -0.508 e. The van der Waals surface area contributed by atoms with Crippen LogP contribution in [-0.4, -0.2) is 150 Å². The lowest BCUT2D eigenvalue weighted by Crippen LogP contribution is -2.33. The van der Waals surface area contributed by atoms with Crippen molar-refractivity contribution in [3.05, 3.63) is 159 Å². The van der Waals surface area contributed by atoms with Crippen LogP contribution in [0.5, 0.6) is 51.7 Å². The van der Waals surface area contributed by atoms with Crippen LogP contribution in [0.25, 0.3) is 0 Å². The zero-order valence-electron chi connectivity index (χ0n) is 78.3. The minimum absolute atomic E-state index is 0. The van der Waals surface area contributed by atoms with Crippen LogP contribution in [0.2, 0.25) is 0 Å². The molecule has 0 aliphatic heterocycles. The molecule has 0 aromatic heterocycles. The molecule has 6 aromatic carbocycles. The number of benzene rings is 6. The number of phenolic OH excluding ortho intramolecular Hbond substituents is 5. The fourth-order valence-electron chi connectivity index (χ4n) is 15.2. The summed E-state index contributed by atoms with van der Waals surface area (Å²) < 4.78 is 49.4. The molecule has 12 N–H and O–H groups in total. The zero-order chi connectivity index (χ0) is 91.9. The second-order valence-electron chi connectivity index (χ2n) is 41.1. The summed E-state index contributed by atoms with van der Waals surface area (Å²) in [6, 6.07) is 33.6. The number of rotatable bonds is 27. The third-order valence-electron chi connectivity index (χ3n) is 23.0. The summed E-state index contributed by atoms with van der Waals surface area (Å²) in [6.45, 7) is 40.1. The smallest absolute Gasteiger partial charge is 0.407 e. The molecule has 26 heteroatoms. The fourth-order valence-corrected chi connectivity index (χ4v) is 15.2. The predicted molar refractivity (Wildman–Crippen MR) is 495 cm³/mol. The van der Waals surface area contributed by atoms with Crippen molar-refractivity contribution in [1.29, 1.82) is 0 Å². The maximum absolute atomic E-state index is 11.8. The Hall–Kier alpha value is -9.88. The molecule has 9 saturated carbocycles. The van der Waals surface area contributed by atoms with Gasteiger partial charge in [-0.25, -0.2) is 24.0 Å². The molecular weight excluding hydrogens is 1640 g/mol. The minimum atomic E-state index is -0.503. The van der Waals surface area contributed by atoms with Crippen LogP contribution in [0, 0.1) is 74.0 Å². The molecule has 9 aliphatic carbocycles. The van der Waals surface area contributed by atoms with Crippen molar-refractivity contribution >= 4 is 42.9 Å². The number of aromatic hydroxyl groups is 5. The molecule has 9 aliphatic rings. The predicted octanol–water partition coefficient (Wildman–Crippen LogP) is 20.6. The van der Waals surface area contributed by atoms with E-state index in [9.17, 15) is 49.5 Å². The number of hydrogen-bond acceptors (Lipinski definition) is 20.